The average molecular weight is 542 g/mol. The molecule has 0 rings (SSSR count). The first-order valence-corrected chi connectivity index (χ1v) is 12.7. The zero-order valence-electron chi connectivity index (χ0n) is 23.0. The molecule has 0 aliphatic heterocycles. The molecule has 202 valence electrons. The molecule has 0 saturated heterocycles. The molecule has 7 nitrogen and oxygen atoms in total. The monoisotopic (exact) mass is 540 g/mol. The number of quaternary nitrogens is 2. The number of hydrogen-bond donors (Lipinski definition) is 4. The minimum Gasteiger partial charge on any atom is -1.00 e. The van der Waals surface area contributed by atoms with E-state index < -0.39 is 17.9 Å². The second-order valence-corrected chi connectivity index (χ2v) is 9.81. The van der Waals surface area contributed by atoms with E-state index in [9.17, 15) is 14.7 Å². The summed E-state index contributed by atoms with van der Waals surface area (Å²) in [7, 11) is 12.5. The smallest absolute Gasteiger partial charge is 0.224 e. The van der Waals surface area contributed by atoms with Crippen LogP contribution in [0.2, 0.25) is 0 Å². The van der Waals surface area contributed by atoms with Crippen molar-refractivity contribution in [3.05, 3.63) is 0 Å². The van der Waals surface area contributed by atoms with Crippen LogP contribution in [0, 0.1) is 5.92 Å². The second kappa shape index (κ2) is 29.3. The molecular formula is C25H57BrN4O3. The zero-order chi connectivity index (χ0) is 25.4. The van der Waals surface area contributed by atoms with Crippen LogP contribution in [-0.2, 0) is 9.59 Å². The molecule has 0 radical (unpaired) electrons. The Morgan fingerprint density at radius 1 is 0.758 bits per heavy atom. The van der Waals surface area contributed by atoms with Crippen molar-refractivity contribution < 1.29 is 41.5 Å². The van der Waals surface area contributed by atoms with Gasteiger partial charge in [-0.3, -0.25) is 4.79 Å². The van der Waals surface area contributed by atoms with Gasteiger partial charge in [0.05, 0.1) is 60.2 Å². The Balaban J connectivity index is -0.000000401. The van der Waals surface area contributed by atoms with Gasteiger partial charge in [0.1, 0.15) is 0 Å². The standard InChI is InChI=1S/C19H38N2O3.2C3H9N.BrH/c1-3-4-5-6-7-8-9-10-11-12-13-14-15-21-18(22)16(2)17(20)19(23)24;2*1-4(2)3;/h16-17H,3-15,20H2,1-2H3,(H,21,22)(H,23,24);2*1-3H3;1H. The molecule has 0 aliphatic rings. The van der Waals surface area contributed by atoms with Gasteiger partial charge in [0, 0.05) is 6.54 Å². The molecule has 2 atom stereocenters. The maximum atomic E-state index is 11.7. The summed E-state index contributed by atoms with van der Waals surface area (Å²) in [4.78, 5) is 25.2. The van der Waals surface area contributed by atoms with E-state index in [2.05, 4.69) is 54.5 Å². The Hall–Kier alpha value is -0.700. The van der Waals surface area contributed by atoms with E-state index in [1.807, 2.05) is 0 Å². The van der Waals surface area contributed by atoms with Crippen molar-refractivity contribution in [2.24, 2.45) is 11.7 Å². The van der Waals surface area contributed by atoms with Crippen LogP contribution in [0.25, 0.3) is 0 Å². The van der Waals surface area contributed by atoms with Crippen molar-refractivity contribution in [3.8, 4) is 0 Å². The molecule has 0 saturated carbocycles. The maximum absolute atomic E-state index is 11.7. The van der Waals surface area contributed by atoms with Crippen molar-refractivity contribution in [1.29, 1.82) is 0 Å². The average Bonchev–Trinajstić information content (AvgIpc) is 2.69. The lowest BCUT2D eigenvalue weighted by molar-refractivity contribution is -0.836. The van der Waals surface area contributed by atoms with Gasteiger partial charge < -0.3 is 47.7 Å². The number of carbonyl (C=O) groups excluding carboxylic acids is 2. The number of hydrogen-bond acceptors (Lipinski definition) is 4. The van der Waals surface area contributed by atoms with Gasteiger partial charge in [0.2, 0.25) is 5.91 Å². The van der Waals surface area contributed by atoms with Crippen molar-refractivity contribution in [1.82, 2.24) is 5.32 Å². The van der Waals surface area contributed by atoms with E-state index in [1.165, 1.54) is 80.9 Å². The number of carboxylic acid groups (broad SMARTS) is 1. The normalized spacial score (nSPS) is 12.0. The predicted molar refractivity (Wildman–Crippen MR) is 134 cm³/mol. The van der Waals surface area contributed by atoms with E-state index in [1.54, 1.807) is 0 Å². The minimum absolute atomic E-state index is 0. The van der Waals surface area contributed by atoms with Gasteiger partial charge in [0.15, 0.2) is 0 Å². The summed E-state index contributed by atoms with van der Waals surface area (Å²) < 4.78 is 0. The summed E-state index contributed by atoms with van der Waals surface area (Å²) >= 11 is 0. The van der Waals surface area contributed by atoms with E-state index in [0.717, 1.165) is 12.8 Å². The second-order valence-electron chi connectivity index (χ2n) is 9.81. The molecule has 0 fully saturated rings. The van der Waals surface area contributed by atoms with Crippen LogP contribution >= 0.6 is 0 Å². The summed E-state index contributed by atoms with van der Waals surface area (Å²) in [6.07, 6.45) is 15.3. The van der Waals surface area contributed by atoms with E-state index >= 15 is 0 Å². The highest BCUT2D eigenvalue weighted by Crippen LogP contribution is 2.11. The minimum atomic E-state index is -1.39. The van der Waals surface area contributed by atoms with Crippen molar-refractivity contribution >= 4 is 11.9 Å². The van der Waals surface area contributed by atoms with Crippen LogP contribution in [-0.4, -0.2) is 66.7 Å². The highest BCUT2D eigenvalue weighted by atomic mass is 79.9. The van der Waals surface area contributed by atoms with Crippen molar-refractivity contribution in [2.45, 2.75) is 96.9 Å². The van der Waals surface area contributed by atoms with Gasteiger partial charge >= 0.3 is 0 Å². The highest BCUT2D eigenvalue weighted by molar-refractivity contribution is 5.85. The van der Waals surface area contributed by atoms with Gasteiger partial charge in [-0.2, -0.15) is 0 Å². The van der Waals surface area contributed by atoms with Crippen LogP contribution in [0.1, 0.15) is 90.9 Å². The molecule has 33 heavy (non-hydrogen) atoms. The molecular weight excluding hydrogens is 484 g/mol. The molecule has 0 heterocycles. The topological polar surface area (TPSA) is 104 Å². The first-order chi connectivity index (χ1) is 15.0. The first kappa shape index (κ1) is 39.5. The summed E-state index contributed by atoms with van der Waals surface area (Å²) in [6, 6.07) is -1.24. The lowest BCUT2D eigenvalue weighted by Gasteiger charge is -2.19. The van der Waals surface area contributed by atoms with Crippen LogP contribution in [0.5, 0.6) is 0 Å². The fourth-order valence-corrected chi connectivity index (χ4v) is 2.71. The SMILES string of the molecule is CCCCCCCCCCCCCCNC(=O)C(C)C(N)C(=O)[O-].C[NH+](C)C.C[NH+](C)C.[Br-]. The molecule has 0 spiro atoms. The molecule has 0 aromatic rings. The fraction of sp³-hybridized carbons (Fsp3) is 0.920. The third-order valence-corrected chi connectivity index (χ3v) is 4.55. The third-order valence-electron chi connectivity index (χ3n) is 4.55. The Morgan fingerprint density at radius 2 is 1.06 bits per heavy atom. The van der Waals surface area contributed by atoms with Gasteiger partial charge in [0.25, 0.3) is 0 Å². The van der Waals surface area contributed by atoms with E-state index in [-0.39, 0.29) is 22.9 Å². The van der Waals surface area contributed by atoms with Crippen LogP contribution in [0.4, 0.5) is 0 Å². The lowest BCUT2D eigenvalue weighted by atomic mass is 10.0. The largest absolute Gasteiger partial charge is 1.00 e. The van der Waals surface area contributed by atoms with Crippen LogP contribution in [0.15, 0.2) is 0 Å². The number of aliphatic carboxylic acids is 1. The van der Waals surface area contributed by atoms with Crippen LogP contribution < -0.4 is 42.9 Å². The summed E-state index contributed by atoms with van der Waals surface area (Å²) in [5, 5.41) is 13.4. The van der Waals surface area contributed by atoms with Gasteiger partial charge in [-0.15, -0.1) is 0 Å². The van der Waals surface area contributed by atoms with Gasteiger partial charge in [-0.1, -0.05) is 84.5 Å². The molecule has 1 amide bonds. The number of nitrogens with two attached hydrogens (primary N) is 1. The van der Waals surface area contributed by atoms with Gasteiger partial charge in [-0.25, -0.2) is 0 Å². The number of rotatable bonds is 16. The summed E-state index contributed by atoms with van der Waals surface area (Å²) in [5.74, 6) is -2.45. The molecule has 0 aromatic heterocycles. The quantitative estimate of drug-likeness (QED) is 0.157. The summed E-state index contributed by atoms with van der Waals surface area (Å²) in [6.45, 7) is 4.34. The zero-order valence-corrected chi connectivity index (χ0v) is 24.6. The maximum Gasteiger partial charge on any atom is 0.224 e. The molecule has 0 bridgehead atoms. The Labute approximate surface area is 216 Å². The van der Waals surface area contributed by atoms with E-state index in [4.69, 9.17) is 5.73 Å². The number of amides is 1. The molecule has 5 N–H and O–H groups in total. The van der Waals surface area contributed by atoms with E-state index in [0.29, 0.717) is 6.54 Å². The Morgan fingerprint density at radius 3 is 1.36 bits per heavy atom. The first-order valence-electron chi connectivity index (χ1n) is 12.7. The Bertz CT molecular complexity index is 413. The van der Waals surface area contributed by atoms with Crippen LogP contribution in [0.3, 0.4) is 0 Å². The number of halogens is 1. The number of unbranched alkanes of at least 4 members (excludes halogenated alkanes) is 11. The van der Waals surface area contributed by atoms with Crippen molar-refractivity contribution in [3.63, 3.8) is 0 Å². The molecule has 0 aliphatic carbocycles. The highest BCUT2D eigenvalue weighted by Gasteiger charge is 2.20. The lowest BCUT2D eigenvalue weighted by Crippen LogP contribution is -3.02. The van der Waals surface area contributed by atoms with Crippen molar-refractivity contribution in [2.75, 3.05) is 48.8 Å². The number of nitrogens with one attached hydrogen (secondary N) is 3. The fourth-order valence-electron chi connectivity index (χ4n) is 2.71. The molecule has 0 aromatic carbocycles. The predicted octanol–water partition coefficient (Wildman–Crippen LogP) is -2.96. The Kier molecular flexibility index (Phi) is 35.1. The summed E-state index contributed by atoms with van der Waals surface area (Å²) in [5.41, 5.74) is 5.38. The number of carbonyl (C=O) groups is 2. The number of carboxylic acids is 1. The molecule has 8 heteroatoms. The van der Waals surface area contributed by atoms with Gasteiger partial charge in [-0.05, 0) is 6.42 Å². The third kappa shape index (κ3) is 38.8. The molecule has 2 unspecified atom stereocenters.